The van der Waals surface area contributed by atoms with Crippen LogP contribution in [0, 0.1) is 0 Å². The van der Waals surface area contributed by atoms with Gasteiger partial charge in [0.15, 0.2) is 0 Å². The average molecular weight is 322 g/mol. The highest BCUT2D eigenvalue weighted by Gasteiger charge is 2.60. The van der Waals surface area contributed by atoms with Gasteiger partial charge in [0.25, 0.3) is 0 Å². The van der Waals surface area contributed by atoms with Crippen LogP contribution in [0.3, 0.4) is 0 Å². The molecule has 0 saturated carbocycles. The first-order chi connectivity index (χ1) is 8.61. The minimum atomic E-state index is -5.19. The number of hydrogen-bond donors (Lipinski definition) is 5. The number of ether oxygens (including phenoxy) is 1. The van der Waals surface area contributed by atoms with E-state index >= 15 is 0 Å². The lowest BCUT2D eigenvalue weighted by Crippen LogP contribution is -2.48. The summed E-state index contributed by atoms with van der Waals surface area (Å²) in [6.45, 7) is -1.83. The molecule has 13 heteroatoms. The molecule has 2 bridgehead atoms. The van der Waals surface area contributed by atoms with Crippen LogP contribution >= 0.6 is 15.6 Å². The van der Waals surface area contributed by atoms with E-state index < -0.39 is 53.0 Å². The Morgan fingerprint density at radius 1 is 1.21 bits per heavy atom. The second-order valence-electron chi connectivity index (χ2n) is 3.97. The van der Waals surface area contributed by atoms with Crippen molar-refractivity contribution in [1.29, 1.82) is 0 Å². The first-order valence-electron chi connectivity index (χ1n) is 4.98. The summed E-state index contributed by atoms with van der Waals surface area (Å²) < 4.78 is 40.3. The van der Waals surface area contributed by atoms with Crippen LogP contribution in [0.15, 0.2) is 0 Å². The molecule has 5 N–H and O–H groups in total. The zero-order valence-corrected chi connectivity index (χ0v) is 11.0. The molecule has 112 valence electrons. The number of phosphoric ester groups is 2. The van der Waals surface area contributed by atoms with Crippen molar-refractivity contribution in [2.45, 2.75) is 24.1 Å². The molecule has 0 aromatic heterocycles. The predicted molar refractivity (Wildman–Crippen MR) is 54.5 cm³/mol. The molecule has 2 fully saturated rings. The quantitative estimate of drug-likeness (QED) is 0.340. The third-order valence-corrected chi connectivity index (χ3v) is 5.27. The molecule has 2 rings (SSSR count). The summed E-state index contributed by atoms with van der Waals surface area (Å²) in [6.07, 6.45) is -4.90. The zero-order valence-electron chi connectivity index (χ0n) is 9.23. The highest BCUT2D eigenvalue weighted by Crippen LogP contribution is 2.64. The van der Waals surface area contributed by atoms with Gasteiger partial charge in [-0.15, -0.1) is 0 Å². The Balaban J connectivity index is 2.40. The van der Waals surface area contributed by atoms with Gasteiger partial charge >= 0.3 is 15.6 Å². The van der Waals surface area contributed by atoms with Gasteiger partial charge in [0.1, 0.15) is 24.9 Å². The molecule has 19 heavy (non-hydrogen) atoms. The molecule has 3 unspecified atom stereocenters. The normalized spacial score (nSPS) is 55.3. The van der Waals surface area contributed by atoms with Gasteiger partial charge in [0, 0.05) is 0 Å². The fraction of sp³-hybridized carbons (Fsp3) is 1.00. The summed E-state index contributed by atoms with van der Waals surface area (Å²) in [7, 11) is -10.1. The molecule has 6 atom stereocenters. The second-order valence-corrected chi connectivity index (χ2v) is 6.94. The minimum absolute atomic E-state index is 0.725. The van der Waals surface area contributed by atoms with Crippen LogP contribution < -0.4 is 0 Å². The lowest BCUT2D eigenvalue weighted by molar-refractivity contribution is -0.234. The Morgan fingerprint density at radius 3 is 2.42 bits per heavy atom. The summed E-state index contributed by atoms with van der Waals surface area (Å²) in [6, 6.07) is 0. The van der Waals surface area contributed by atoms with E-state index in [1.54, 1.807) is 0 Å². The molecule has 0 aromatic rings. The first kappa shape index (κ1) is 15.5. The zero-order chi connectivity index (χ0) is 14.5. The van der Waals surface area contributed by atoms with Gasteiger partial charge in [0.2, 0.25) is 5.79 Å². The number of fused-ring (bicyclic) bond motifs is 2. The van der Waals surface area contributed by atoms with Gasteiger partial charge < -0.3 is 29.8 Å². The van der Waals surface area contributed by atoms with Crippen molar-refractivity contribution in [3.63, 3.8) is 0 Å². The van der Waals surface area contributed by atoms with Gasteiger partial charge in [-0.05, 0) is 0 Å². The van der Waals surface area contributed by atoms with Crippen molar-refractivity contribution in [2.75, 3.05) is 13.2 Å². The molecule has 0 spiro atoms. The van der Waals surface area contributed by atoms with E-state index in [1.165, 1.54) is 0 Å². The molecule has 2 aliphatic rings. The Bertz CT molecular complexity index is 452. The fourth-order valence-electron chi connectivity index (χ4n) is 1.76. The van der Waals surface area contributed by atoms with Crippen LogP contribution in [-0.2, 0) is 27.2 Å². The maximum Gasteiger partial charge on any atom is 0.483 e. The number of phosphoric acid groups is 2. The summed E-state index contributed by atoms with van der Waals surface area (Å²) >= 11 is 0. The predicted octanol–water partition coefficient (Wildman–Crippen LogP) is -1.94. The Labute approximate surface area is 106 Å². The number of rotatable bonds is 1. The molecule has 0 aromatic carbocycles. The molecular formula is C6H12O11P2. The molecule has 0 radical (unpaired) electrons. The van der Waals surface area contributed by atoms with Crippen molar-refractivity contribution in [3.8, 4) is 0 Å². The van der Waals surface area contributed by atoms with Crippen molar-refractivity contribution in [1.82, 2.24) is 0 Å². The third kappa shape index (κ3) is 2.92. The van der Waals surface area contributed by atoms with Gasteiger partial charge in [-0.1, -0.05) is 0 Å². The standard InChI is InChI=1S/C6H12O11P2/c7-2-6-5(9)4(8)3(15-6)1-14-18(10,11)17-19(12,13)16-6/h3-5,7-9H,1-2H2,(H,10,11)(H,12,13)/t3-,4-,5+,6?/m1/s1. The van der Waals surface area contributed by atoms with Crippen LogP contribution in [0.25, 0.3) is 0 Å². The summed E-state index contributed by atoms with van der Waals surface area (Å²) in [5.74, 6) is -2.46. The monoisotopic (exact) mass is 322 g/mol. The number of aliphatic hydroxyl groups is 3. The van der Waals surface area contributed by atoms with Crippen molar-refractivity contribution >= 4 is 15.6 Å². The van der Waals surface area contributed by atoms with Crippen molar-refractivity contribution < 1.29 is 52.3 Å². The van der Waals surface area contributed by atoms with Crippen LogP contribution in [0.1, 0.15) is 0 Å². The molecule has 2 heterocycles. The van der Waals surface area contributed by atoms with Crippen LogP contribution in [-0.4, -0.2) is 62.4 Å². The van der Waals surface area contributed by atoms with E-state index in [2.05, 4.69) is 13.4 Å². The first-order valence-corrected chi connectivity index (χ1v) is 7.97. The van der Waals surface area contributed by atoms with Crippen LogP contribution in [0.5, 0.6) is 0 Å². The average Bonchev–Trinajstić information content (AvgIpc) is 2.51. The lowest BCUT2D eigenvalue weighted by atomic mass is 10.1. The molecule has 2 aliphatic heterocycles. The van der Waals surface area contributed by atoms with Gasteiger partial charge in [-0.25, -0.2) is 13.7 Å². The van der Waals surface area contributed by atoms with E-state index in [0.29, 0.717) is 0 Å². The van der Waals surface area contributed by atoms with Gasteiger partial charge in [-0.3, -0.25) is 4.52 Å². The van der Waals surface area contributed by atoms with Crippen molar-refractivity contribution in [2.24, 2.45) is 0 Å². The number of aliphatic hydroxyl groups excluding tert-OH is 3. The van der Waals surface area contributed by atoms with Crippen LogP contribution in [0.2, 0.25) is 0 Å². The summed E-state index contributed by atoms with van der Waals surface area (Å²) in [4.78, 5) is 18.4. The van der Waals surface area contributed by atoms with E-state index in [0.717, 1.165) is 0 Å². The fourth-order valence-corrected chi connectivity index (χ4v) is 4.06. The maximum atomic E-state index is 11.5. The summed E-state index contributed by atoms with van der Waals surface area (Å²) in [5.41, 5.74) is 0. The highest BCUT2D eigenvalue weighted by molar-refractivity contribution is 7.61. The molecule has 2 saturated heterocycles. The van der Waals surface area contributed by atoms with E-state index in [9.17, 15) is 24.2 Å². The smallest absolute Gasteiger partial charge is 0.391 e. The highest BCUT2D eigenvalue weighted by atomic mass is 31.3. The molecular weight excluding hydrogens is 310 g/mol. The Hall–Kier alpha value is 0.1000. The largest absolute Gasteiger partial charge is 0.483 e. The second kappa shape index (κ2) is 4.83. The number of hydrogen-bond acceptors (Lipinski definition) is 9. The van der Waals surface area contributed by atoms with E-state index in [4.69, 9.17) is 14.7 Å². The summed E-state index contributed by atoms with van der Waals surface area (Å²) in [5, 5.41) is 28.5. The SMILES string of the molecule is O=P1(O)OC[C@H]2OC(CO)(OP(=O)(O)O1)[C@@H](O)[C@@H]2O. The van der Waals surface area contributed by atoms with Gasteiger partial charge in [0.05, 0.1) is 6.61 Å². The minimum Gasteiger partial charge on any atom is -0.391 e. The van der Waals surface area contributed by atoms with Crippen molar-refractivity contribution in [3.05, 3.63) is 0 Å². The molecule has 0 aliphatic carbocycles. The van der Waals surface area contributed by atoms with E-state index in [1.807, 2.05) is 0 Å². The molecule has 0 amide bonds. The molecule has 11 nitrogen and oxygen atoms in total. The van der Waals surface area contributed by atoms with Gasteiger partial charge in [-0.2, -0.15) is 4.31 Å². The topological polar surface area (TPSA) is 172 Å². The maximum absolute atomic E-state index is 11.5. The Morgan fingerprint density at radius 2 is 1.84 bits per heavy atom. The van der Waals surface area contributed by atoms with E-state index in [-0.39, 0.29) is 0 Å². The third-order valence-electron chi connectivity index (χ3n) is 2.60. The lowest BCUT2D eigenvalue weighted by Gasteiger charge is -2.30. The Kier molecular flexibility index (Phi) is 3.94. The van der Waals surface area contributed by atoms with Crippen LogP contribution in [0.4, 0.5) is 0 Å².